The van der Waals surface area contributed by atoms with E-state index < -0.39 is 0 Å². The van der Waals surface area contributed by atoms with Gasteiger partial charge in [0.2, 0.25) is 5.91 Å². The maximum atomic E-state index is 12.1. The predicted molar refractivity (Wildman–Crippen MR) is 121 cm³/mol. The average Bonchev–Trinajstić information content (AvgIpc) is 3.17. The normalized spacial score (nSPS) is 20.4. The first kappa shape index (κ1) is 22.4. The Bertz CT molecular complexity index is 741. The molecule has 0 radical (unpaired) electrons. The summed E-state index contributed by atoms with van der Waals surface area (Å²) in [6, 6.07) is 8.25. The van der Waals surface area contributed by atoms with Gasteiger partial charge in [-0.1, -0.05) is 31.0 Å². The molecule has 1 aromatic rings. The van der Waals surface area contributed by atoms with Crippen molar-refractivity contribution in [2.45, 2.75) is 38.1 Å². The molecule has 7 heteroatoms. The van der Waals surface area contributed by atoms with Crippen LogP contribution in [0.5, 0.6) is 5.75 Å². The third-order valence-electron chi connectivity index (χ3n) is 6.09. The van der Waals surface area contributed by atoms with Gasteiger partial charge in [0.15, 0.2) is 5.96 Å². The van der Waals surface area contributed by atoms with Crippen molar-refractivity contribution in [2.75, 3.05) is 54.4 Å². The van der Waals surface area contributed by atoms with E-state index in [9.17, 15) is 4.79 Å². The van der Waals surface area contributed by atoms with Crippen LogP contribution in [0, 0.1) is 5.41 Å². The maximum absolute atomic E-state index is 12.1. The molecule has 1 aliphatic carbocycles. The van der Waals surface area contributed by atoms with Gasteiger partial charge < -0.3 is 25.2 Å². The minimum atomic E-state index is -0.00708. The Balaban J connectivity index is 1.74. The molecule has 0 aromatic heterocycles. The first-order chi connectivity index (χ1) is 14.4. The number of guanidine groups is 1. The van der Waals surface area contributed by atoms with Crippen LogP contribution in [0.4, 0.5) is 0 Å². The molecule has 3 rings (SSSR count). The van der Waals surface area contributed by atoms with Crippen molar-refractivity contribution in [1.82, 2.24) is 20.4 Å². The number of carbonyl (C=O) groups excluding carboxylic acids is 1. The first-order valence-corrected chi connectivity index (χ1v) is 11.0. The molecule has 1 aromatic carbocycles. The van der Waals surface area contributed by atoms with Crippen LogP contribution in [0.25, 0.3) is 0 Å². The number of fused-ring (bicyclic) bond motifs is 1. The van der Waals surface area contributed by atoms with Crippen LogP contribution in [0.2, 0.25) is 0 Å². The number of amides is 1. The van der Waals surface area contributed by atoms with Gasteiger partial charge >= 0.3 is 0 Å². The van der Waals surface area contributed by atoms with E-state index in [0.29, 0.717) is 12.6 Å². The molecular weight excluding hydrogens is 378 g/mol. The van der Waals surface area contributed by atoms with Gasteiger partial charge in [-0.25, -0.2) is 4.99 Å². The van der Waals surface area contributed by atoms with E-state index in [2.05, 4.69) is 40.7 Å². The topological polar surface area (TPSA) is 69.2 Å². The Morgan fingerprint density at radius 3 is 2.63 bits per heavy atom. The van der Waals surface area contributed by atoms with Gasteiger partial charge in [0.05, 0.1) is 12.6 Å². The molecule has 0 saturated heterocycles. The number of hydrogen-bond acceptors (Lipinski definition) is 4. The van der Waals surface area contributed by atoms with Crippen molar-refractivity contribution in [3.8, 4) is 5.75 Å². The van der Waals surface area contributed by atoms with Crippen LogP contribution in [-0.2, 0) is 4.79 Å². The third-order valence-corrected chi connectivity index (χ3v) is 6.09. The van der Waals surface area contributed by atoms with Crippen molar-refractivity contribution < 1.29 is 9.53 Å². The van der Waals surface area contributed by atoms with Crippen molar-refractivity contribution >= 4 is 11.9 Å². The number of nitrogens with zero attached hydrogens (tertiary/aromatic N) is 3. The molecule has 1 fully saturated rings. The summed E-state index contributed by atoms with van der Waals surface area (Å²) in [7, 11) is 7.81. The lowest BCUT2D eigenvalue weighted by Gasteiger charge is -2.34. The summed E-state index contributed by atoms with van der Waals surface area (Å²) in [5.41, 5.74) is 1.39. The fraction of sp³-hybridized carbons (Fsp3) is 0.652. The molecule has 0 spiro atoms. The fourth-order valence-corrected chi connectivity index (χ4v) is 4.56. The zero-order chi connectivity index (χ0) is 21.6. The molecule has 2 aliphatic rings. The lowest BCUT2D eigenvalue weighted by Crippen LogP contribution is -2.48. The molecule has 0 bridgehead atoms. The number of rotatable bonds is 7. The Kier molecular flexibility index (Phi) is 7.58. The Labute approximate surface area is 180 Å². The standard InChI is InChI=1S/C23H37N5O2/c1-27(2)17-23(12-7-8-13-23)16-25-22(24-15-21(29)28(3)4)26-19-11-14-30-20-10-6-5-9-18(19)20/h5-6,9-10,19H,7-8,11-17H2,1-4H3,(H2,24,25,26). The van der Waals surface area contributed by atoms with Crippen molar-refractivity contribution in [2.24, 2.45) is 10.4 Å². The quantitative estimate of drug-likeness (QED) is 0.528. The van der Waals surface area contributed by atoms with Crippen LogP contribution >= 0.6 is 0 Å². The lowest BCUT2D eigenvalue weighted by atomic mass is 9.85. The minimum Gasteiger partial charge on any atom is -0.493 e. The predicted octanol–water partition coefficient (Wildman–Crippen LogP) is 2.26. The number of carbonyl (C=O) groups is 1. The molecular formula is C23H37N5O2. The number of aliphatic imine (C=N–C) groups is 1. The Morgan fingerprint density at radius 1 is 1.20 bits per heavy atom. The van der Waals surface area contributed by atoms with Gasteiger partial charge in [0.1, 0.15) is 12.3 Å². The zero-order valence-electron chi connectivity index (χ0n) is 18.9. The highest BCUT2D eigenvalue weighted by Gasteiger charge is 2.34. The van der Waals surface area contributed by atoms with Gasteiger partial charge in [-0.15, -0.1) is 0 Å². The number of nitrogens with one attached hydrogen (secondary N) is 2. The Hall–Kier alpha value is -2.28. The summed E-state index contributed by atoms with van der Waals surface area (Å²) in [6.07, 6.45) is 5.87. The van der Waals surface area contributed by atoms with Gasteiger partial charge in [-0.05, 0) is 33.0 Å². The molecule has 1 amide bonds. The van der Waals surface area contributed by atoms with Crippen molar-refractivity contribution in [3.05, 3.63) is 29.8 Å². The van der Waals surface area contributed by atoms with E-state index >= 15 is 0 Å². The zero-order valence-corrected chi connectivity index (χ0v) is 18.9. The number of likely N-dealkylation sites (N-methyl/N-ethyl adjacent to an activating group) is 1. The number of para-hydroxylation sites is 1. The molecule has 1 atom stereocenters. The molecule has 166 valence electrons. The van der Waals surface area contributed by atoms with Gasteiger partial charge in [0, 0.05) is 44.6 Å². The van der Waals surface area contributed by atoms with Crippen LogP contribution in [0.3, 0.4) is 0 Å². The smallest absolute Gasteiger partial charge is 0.243 e. The van der Waals surface area contributed by atoms with Crippen LogP contribution in [0.1, 0.15) is 43.7 Å². The summed E-state index contributed by atoms with van der Waals surface area (Å²) in [4.78, 5) is 20.6. The minimum absolute atomic E-state index is 0.00708. The fourth-order valence-electron chi connectivity index (χ4n) is 4.56. The Morgan fingerprint density at radius 2 is 1.93 bits per heavy atom. The van der Waals surface area contributed by atoms with Gasteiger partial charge in [-0.2, -0.15) is 0 Å². The van der Waals surface area contributed by atoms with E-state index in [0.717, 1.165) is 30.8 Å². The number of ether oxygens (including phenoxy) is 1. The highest BCUT2D eigenvalue weighted by molar-refractivity contribution is 5.85. The second-order valence-electron chi connectivity index (χ2n) is 9.12. The van der Waals surface area contributed by atoms with E-state index in [1.807, 2.05) is 18.2 Å². The van der Waals surface area contributed by atoms with Gasteiger partial charge in [0.25, 0.3) is 0 Å². The van der Waals surface area contributed by atoms with Crippen molar-refractivity contribution in [1.29, 1.82) is 0 Å². The summed E-state index contributed by atoms with van der Waals surface area (Å²) >= 11 is 0. The van der Waals surface area contributed by atoms with Crippen molar-refractivity contribution in [3.63, 3.8) is 0 Å². The van der Waals surface area contributed by atoms with E-state index in [-0.39, 0.29) is 23.9 Å². The van der Waals surface area contributed by atoms with E-state index in [1.165, 1.54) is 25.7 Å². The highest BCUT2D eigenvalue weighted by Crippen LogP contribution is 2.38. The molecule has 1 aliphatic heterocycles. The van der Waals surface area contributed by atoms with Crippen LogP contribution in [-0.4, -0.2) is 76.1 Å². The van der Waals surface area contributed by atoms with Crippen LogP contribution < -0.4 is 15.4 Å². The second-order valence-corrected chi connectivity index (χ2v) is 9.12. The third kappa shape index (κ3) is 5.88. The van der Waals surface area contributed by atoms with E-state index in [1.54, 1.807) is 19.0 Å². The first-order valence-electron chi connectivity index (χ1n) is 11.0. The number of benzene rings is 1. The summed E-state index contributed by atoms with van der Waals surface area (Å²) in [6.45, 7) is 2.72. The molecule has 1 unspecified atom stereocenters. The van der Waals surface area contributed by atoms with E-state index in [4.69, 9.17) is 4.74 Å². The SMILES string of the molecule is CN(C)CC1(CNC(=NCC(=O)N(C)C)NC2CCOc3ccccc32)CCCC1. The molecule has 1 heterocycles. The molecule has 7 nitrogen and oxygen atoms in total. The van der Waals surface area contributed by atoms with Gasteiger partial charge in [-0.3, -0.25) is 4.79 Å². The highest BCUT2D eigenvalue weighted by atomic mass is 16.5. The average molecular weight is 416 g/mol. The maximum Gasteiger partial charge on any atom is 0.243 e. The summed E-state index contributed by atoms with van der Waals surface area (Å²) < 4.78 is 5.80. The molecule has 2 N–H and O–H groups in total. The summed E-state index contributed by atoms with van der Waals surface area (Å²) in [5.74, 6) is 1.62. The van der Waals surface area contributed by atoms with Crippen LogP contribution in [0.15, 0.2) is 29.3 Å². The monoisotopic (exact) mass is 415 g/mol. The lowest BCUT2D eigenvalue weighted by molar-refractivity contribution is -0.127. The second kappa shape index (κ2) is 10.2. The summed E-state index contributed by atoms with van der Waals surface area (Å²) in [5, 5.41) is 7.16. The molecule has 30 heavy (non-hydrogen) atoms. The number of hydrogen-bond donors (Lipinski definition) is 2. The largest absolute Gasteiger partial charge is 0.493 e. The molecule has 1 saturated carbocycles.